The van der Waals surface area contributed by atoms with Crippen molar-refractivity contribution in [2.45, 2.75) is 26.2 Å². The Balaban J connectivity index is 1.52. The Kier molecular flexibility index (Phi) is 4.41. The van der Waals surface area contributed by atoms with Crippen LogP contribution in [-0.2, 0) is 12.8 Å². The molecule has 2 aromatic carbocycles. The van der Waals surface area contributed by atoms with Crippen molar-refractivity contribution in [2.75, 3.05) is 4.90 Å². The number of imide groups is 1. The molecular weight excluding hydrogens is 396 g/mol. The van der Waals surface area contributed by atoms with Gasteiger partial charge in [-0.15, -0.1) is 11.3 Å². The van der Waals surface area contributed by atoms with E-state index in [1.54, 1.807) is 18.2 Å². The number of para-hydroxylation sites is 1. The summed E-state index contributed by atoms with van der Waals surface area (Å²) < 4.78 is 5.82. The van der Waals surface area contributed by atoms with Crippen LogP contribution in [0.5, 0.6) is 11.5 Å². The van der Waals surface area contributed by atoms with Crippen molar-refractivity contribution >= 4 is 28.2 Å². The average Bonchev–Trinajstić information content (AvgIpc) is 3.22. The van der Waals surface area contributed by atoms with Crippen LogP contribution >= 0.6 is 11.3 Å². The summed E-state index contributed by atoms with van der Waals surface area (Å²) in [6.45, 7) is 2.19. The van der Waals surface area contributed by atoms with E-state index in [1.165, 1.54) is 16.2 Å². The molecule has 0 radical (unpaired) electrons. The number of benzene rings is 2. The maximum Gasteiger partial charge on any atom is 0.266 e. The van der Waals surface area contributed by atoms with Crippen LogP contribution in [-0.4, -0.2) is 11.8 Å². The minimum absolute atomic E-state index is 0.303. The standard InChI is InChI=1S/C24H18N2O3S/c1-14-7-9-17-20(13-25)24(30-21(17)11-14)26-22(27)18-10-8-16(12-19(18)23(26)28)29-15-5-3-2-4-6-15/h2-6,8,10,12,14H,7,9,11H2,1H3. The molecule has 5 nitrogen and oxygen atoms in total. The van der Waals surface area contributed by atoms with Crippen molar-refractivity contribution in [3.8, 4) is 17.6 Å². The number of thiophene rings is 1. The molecule has 30 heavy (non-hydrogen) atoms. The van der Waals surface area contributed by atoms with Gasteiger partial charge in [0.15, 0.2) is 0 Å². The minimum atomic E-state index is -0.406. The Hall–Kier alpha value is -3.43. The highest BCUT2D eigenvalue weighted by atomic mass is 32.1. The highest BCUT2D eigenvalue weighted by Gasteiger charge is 2.40. The van der Waals surface area contributed by atoms with Gasteiger partial charge >= 0.3 is 0 Å². The van der Waals surface area contributed by atoms with E-state index >= 15 is 0 Å². The zero-order valence-corrected chi connectivity index (χ0v) is 17.2. The lowest BCUT2D eigenvalue weighted by atomic mass is 9.88. The normalized spacial score (nSPS) is 17.5. The van der Waals surface area contributed by atoms with Crippen LogP contribution < -0.4 is 9.64 Å². The van der Waals surface area contributed by atoms with Crippen LogP contribution in [0.4, 0.5) is 5.00 Å². The molecule has 0 spiro atoms. The molecule has 5 rings (SSSR count). The Labute approximate surface area is 178 Å². The third-order valence-electron chi connectivity index (χ3n) is 5.64. The highest BCUT2D eigenvalue weighted by molar-refractivity contribution is 7.17. The van der Waals surface area contributed by atoms with Gasteiger partial charge in [-0.3, -0.25) is 9.59 Å². The minimum Gasteiger partial charge on any atom is -0.457 e. The fraction of sp³-hybridized carbons (Fsp3) is 0.208. The molecule has 0 saturated carbocycles. The van der Waals surface area contributed by atoms with Gasteiger partial charge in [0, 0.05) is 4.88 Å². The summed E-state index contributed by atoms with van der Waals surface area (Å²) in [6, 6.07) is 16.4. The summed E-state index contributed by atoms with van der Waals surface area (Å²) in [7, 11) is 0. The number of rotatable bonds is 3. The number of hydrogen-bond donors (Lipinski definition) is 0. The Morgan fingerprint density at radius 1 is 1.07 bits per heavy atom. The van der Waals surface area contributed by atoms with Gasteiger partial charge in [0.05, 0.1) is 16.7 Å². The van der Waals surface area contributed by atoms with Crippen molar-refractivity contribution in [3.05, 3.63) is 75.7 Å². The number of carbonyl (C=O) groups excluding carboxylic acids is 2. The maximum absolute atomic E-state index is 13.2. The zero-order valence-electron chi connectivity index (χ0n) is 16.3. The van der Waals surface area contributed by atoms with E-state index in [9.17, 15) is 14.9 Å². The van der Waals surface area contributed by atoms with Crippen LogP contribution in [0.25, 0.3) is 0 Å². The van der Waals surface area contributed by atoms with Crippen molar-refractivity contribution in [1.29, 1.82) is 5.26 Å². The predicted molar refractivity (Wildman–Crippen MR) is 114 cm³/mol. The van der Waals surface area contributed by atoms with Crippen LogP contribution in [0, 0.1) is 17.2 Å². The van der Waals surface area contributed by atoms with Gasteiger partial charge < -0.3 is 4.74 Å². The number of anilines is 1. The molecule has 0 bridgehead atoms. The first-order valence-electron chi connectivity index (χ1n) is 9.87. The van der Waals surface area contributed by atoms with Crippen LogP contribution in [0.1, 0.15) is 50.1 Å². The average molecular weight is 414 g/mol. The van der Waals surface area contributed by atoms with Crippen LogP contribution in [0.15, 0.2) is 48.5 Å². The molecule has 2 amide bonds. The maximum atomic E-state index is 13.2. The van der Waals surface area contributed by atoms with Gasteiger partial charge in [-0.05, 0) is 61.1 Å². The predicted octanol–water partition coefficient (Wildman–Crippen LogP) is 5.34. The summed E-state index contributed by atoms with van der Waals surface area (Å²) >= 11 is 1.40. The smallest absolute Gasteiger partial charge is 0.266 e. The first-order valence-corrected chi connectivity index (χ1v) is 10.7. The molecule has 1 aromatic heterocycles. The number of amides is 2. The van der Waals surface area contributed by atoms with Crippen molar-refractivity contribution in [1.82, 2.24) is 0 Å². The first-order chi connectivity index (χ1) is 14.6. The zero-order chi connectivity index (χ0) is 20.8. The molecule has 1 atom stereocenters. The van der Waals surface area contributed by atoms with E-state index in [-0.39, 0.29) is 5.91 Å². The molecule has 1 unspecified atom stereocenters. The van der Waals surface area contributed by atoms with E-state index in [4.69, 9.17) is 4.74 Å². The molecule has 3 aromatic rings. The van der Waals surface area contributed by atoms with E-state index in [0.717, 1.165) is 29.7 Å². The van der Waals surface area contributed by atoms with Crippen molar-refractivity contribution in [2.24, 2.45) is 5.92 Å². The summed E-state index contributed by atoms with van der Waals surface area (Å²) in [6.07, 6.45) is 2.71. The van der Waals surface area contributed by atoms with E-state index < -0.39 is 5.91 Å². The molecule has 1 aliphatic carbocycles. The summed E-state index contributed by atoms with van der Waals surface area (Å²) in [5.74, 6) is 0.886. The lowest BCUT2D eigenvalue weighted by Gasteiger charge is -2.17. The van der Waals surface area contributed by atoms with Crippen molar-refractivity contribution in [3.63, 3.8) is 0 Å². The van der Waals surface area contributed by atoms with E-state index in [1.807, 2.05) is 30.3 Å². The number of nitriles is 1. The fourth-order valence-corrected chi connectivity index (χ4v) is 5.56. The Bertz CT molecular complexity index is 1220. The number of ether oxygens (including phenoxy) is 1. The second-order valence-corrected chi connectivity index (χ2v) is 8.80. The molecule has 1 aliphatic heterocycles. The molecule has 2 aliphatic rings. The van der Waals surface area contributed by atoms with Gasteiger partial charge in [-0.1, -0.05) is 25.1 Å². The summed E-state index contributed by atoms with van der Waals surface area (Å²) in [5.41, 5.74) is 2.11. The lowest BCUT2D eigenvalue weighted by molar-refractivity contribution is 0.0927. The molecule has 148 valence electrons. The second kappa shape index (κ2) is 7.12. The first kappa shape index (κ1) is 18.6. The third-order valence-corrected chi connectivity index (χ3v) is 6.88. The summed E-state index contributed by atoms with van der Waals surface area (Å²) in [5, 5.41) is 10.2. The largest absolute Gasteiger partial charge is 0.457 e. The SMILES string of the molecule is CC1CCc2c(sc(N3C(=O)c4ccc(Oc5ccccc5)cc4C3=O)c2C#N)C1. The number of hydrogen-bond acceptors (Lipinski definition) is 5. The molecule has 6 heteroatoms. The Morgan fingerprint density at radius 3 is 2.60 bits per heavy atom. The molecular formula is C24H18N2O3S. The van der Waals surface area contributed by atoms with Gasteiger partial charge in [0.2, 0.25) is 0 Å². The molecule has 2 heterocycles. The van der Waals surface area contributed by atoms with Gasteiger partial charge in [-0.2, -0.15) is 5.26 Å². The van der Waals surface area contributed by atoms with Crippen molar-refractivity contribution < 1.29 is 14.3 Å². The quantitative estimate of drug-likeness (QED) is 0.543. The van der Waals surface area contributed by atoms with Gasteiger partial charge in [-0.25, -0.2) is 4.90 Å². The molecule has 0 saturated heterocycles. The number of nitrogens with zero attached hydrogens (tertiary/aromatic N) is 2. The van der Waals surface area contributed by atoms with Crippen LogP contribution in [0.3, 0.4) is 0 Å². The third kappa shape index (κ3) is 2.90. The molecule has 0 fully saturated rings. The van der Waals surface area contributed by atoms with E-state index in [2.05, 4.69) is 13.0 Å². The topological polar surface area (TPSA) is 70.4 Å². The van der Waals surface area contributed by atoms with Crippen LogP contribution in [0.2, 0.25) is 0 Å². The second-order valence-electron chi connectivity index (χ2n) is 7.71. The fourth-order valence-electron chi connectivity index (χ4n) is 4.10. The highest BCUT2D eigenvalue weighted by Crippen LogP contribution is 2.43. The molecule has 0 N–H and O–H groups in total. The lowest BCUT2D eigenvalue weighted by Crippen LogP contribution is -2.29. The number of carbonyl (C=O) groups is 2. The Morgan fingerprint density at radius 2 is 1.83 bits per heavy atom. The van der Waals surface area contributed by atoms with E-state index in [0.29, 0.717) is 39.1 Å². The van der Waals surface area contributed by atoms with Gasteiger partial charge in [0.25, 0.3) is 11.8 Å². The summed E-state index contributed by atoms with van der Waals surface area (Å²) in [4.78, 5) is 28.6. The number of fused-ring (bicyclic) bond motifs is 2. The van der Waals surface area contributed by atoms with Gasteiger partial charge in [0.1, 0.15) is 22.6 Å². The monoisotopic (exact) mass is 414 g/mol.